The fraction of sp³-hybridized carbons (Fsp3) is 0.435. The fourth-order valence-electron chi connectivity index (χ4n) is 7.97. The molecule has 2 spiro atoms. The molecule has 62 heavy (non-hydrogen) atoms. The number of para-hydroxylation sites is 2. The maximum Gasteiger partial charge on any atom is 0.573 e. The molecule has 8 rings (SSSR count). The number of benzene rings is 4. The number of hydrogen-bond acceptors (Lipinski definition) is 9. The van der Waals surface area contributed by atoms with Gasteiger partial charge in [-0.05, 0) is 117 Å². The van der Waals surface area contributed by atoms with E-state index in [2.05, 4.69) is 58.9 Å². The standard InChI is InChI=1S/C22H23F3N2O2.C14H18N2O.C8H6BrF3O.C2H6S/c23-22(24,25)29-17-7-5-16(6-8-17)15-27-13-11-21(12-14-27)10-9-20(28)18-3-1-2-4-19(18)26-21;17-13-5-6-14(7-9-15-10-8-14)16-12-4-2-1-3-11(12)13;9-5-6-1-3-7(4-2-6)13-8(10,11)12;1-2-3/h1-8,26H,9-15H2;1-4,15-16H,5-10H2;1-4H,5H2;3H,2H2,1H3. The molecule has 4 heterocycles. The first-order valence-corrected chi connectivity index (χ1v) is 22.4. The van der Waals surface area contributed by atoms with Gasteiger partial charge < -0.3 is 25.4 Å². The van der Waals surface area contributed by atoms with Crippen LogP contribution in [0.3, 0.4) is 0 Å². The van der Waals surface area contributed by atoms with E-state index in [1.165, 1.54) is 24.3 Å². The normalized spacial score (nSPS) is 18.0. The third-order valence-corrected chi connectivity index (χ3v) is 11.8. The molecule has 0 aromatic heterocycles. The van der Waals surface area contributed by atoms with Gasteiger partial charge in [-0.25, -0.2) is 0 Å². The van der Waals surface area contributed by atoms with E-state index in [0.717, 1.165) is 104 Å². The van der Waals surface area contributed by atoms with Gasteiger partial charge in [0.2, 0.25) is 0 Å². The number of nitrogens with zero attached hydrogens (tertiary/aromatic N) is 1. The molecule has 4 aromatic carbocycles. The fourth-order valence-corrected chi connectivity index (χ4v) is 8.35. The Balaban J connectivity index is 0.000000186. The minimum Gasteiger partial charge on any atom is -0.406 e. The molecule has 0 radical (unpaired) electrons. The molecule has 4 aromatic rings. The van der Waals surface area contributed by atoms with Crippen LogP contribution in [0.1, 0.15) is 90.1 Å². The summed E-state index contributed by atoms with van der Waals surface area (Å²) in [5.41, 5.74) is 5.48. The summed E-state index contributed by atoms with van der Waals surface area (Å²) in [5, 5.41) is 11.3. The van der Waals surface area contributed by atoms with Crippen molar-refractivity contribution in [3.63, 3.8) is 0 Å². The maximum atomic E-state index is 12.4. The molecule has 16 heteroatoms. The number of halogens is 7. The highest BCUT2D eigenvalue weighted by atomic mass is 79.9. The molecule has 0 saturated carbocycles. The van der Waals surface area contributed by atoms with Crippen molar-refractivity contribution in [3.05, 3.63) is 119 Å². The molecule has 0 amide bonds. The van der Waals surface area contributed by atoms with Gasteiger partial charge in [-0.2, -0.15) is 12.6 Å². The summed E-state index contributed by atoms with van der Waals surface area (Å²) in [6.45, 7) is 6.49. The number of hydrogen-bond donors (Lipinski definition) is 4. The molecule has 0 aliphatic carbocycles. The van der Waals surface area contributed by atoms with Crippen molar-refractivity contribution in [1.29, 1.82) is 0 Å². The Morgan fingerprint density at radius 3 is 1.45 bits per heavy atom. The number of fused-ring (bicyclic) bond motifs is 2. The number of likely N-dealkylation sites (tertiary alicyclic amines) is 1. The van der Waals surface area contributed by atoms with E-state index in [4.69, 9.17) is 0 Å². The molecule has 0 atom stereocenters. The van der Waals surface area contributed by atoms with Gasteiger partial charge in [0.1, 0.15) is 11.5 Å². The zero-order valence-electron chi connectivity index (χ0n) is 34.5. The van der Waals surface area contributed by atoms with Gasteiger partial charge in [-0.1, -0.05) is 71.4 Å². The Kier molecular flexibility index (Phi) is 17.6. The minimum absolute atomic E-state index is 0.0802. The largest absolute Gasteiger partial charge is 0.573 e. The van der Waals surface area contributed by atoms with Crippen LogP contribution in [0, 0.1) is 0 Å². The topological polar surface area (TPSA) is 91.9 Å². The lowest BCUT2D eigenvalue weighted by molar-refractivity contribution is -0.275. The van der Waals surface area contributed by atoms with Crippen LogP contribution in [0.4, 0.5) is 37.7 Å². The molecule has 4 aliphatic rings. The van der Waals surface area contributed by atoms with E-state index in [-0.39, 0.29) is 34.1 Å². The van der Waals surface area contributed by atoms with Crippen LogP contribution in [0.2, 0.25) is 0 Å². The van der Waals surface area contributed by atoms with E-state index < -0.39 is 12.7 Å². The van der Waals surface area contributed by atoms with E-state index in [9.17, 15) is 35.9 Å². The van der Waals surface area contributed by atoms with Gasteiger partial charge in [0.15, 0.2) is 11.6 Å². The molecular weight excluding hydrogens is 898 g/mol. The second-order valence-corrected chi connectivity index (χ2v) is 16.8. The molecule has 0 unspecified atom stereocenters. The lowest BCUT2D eigenvalue weighted by atomic mass is 9.83. The Bertz CT molecular complexity index is 2040. The third-order valence-electron chi connectivity index (χ3n) is 11.2. The first-order valence-electron chi connectivity index (χ1n) is 20.6. The Labute approximate surface area is 373 Å². The number of nitrogens with one attached hydrogen (secondary N) is 3. The molecule has 2 fully saturated rings. The van der Waals surface area contributed by atoms with Gasteiger partial charge >= 0.3 is 12.7 Å². The summed E-state index contributed by atoms with van der Waals surface area (Å²) in [4.78, 5) is 26.8. The molecule has 336 valence electrons. The van der Waals surface area contributed by atoms with Crippen LogP contribution in [0.5, 0.6) is 11.5 Å². The predicted molar refractivity (Wildman–Crippen MR) is 238 cm³/mol. The Morgan fingerprint density at radius 1 is 0.629 bits per heavy atom. The minimum atomic E-state index is -4.67. The predicted octanol–water partition coefficient (Wildman–Crippen LogP) is 11.6. The summed E-state index contributed by atoms with van der Waals surface area (Å²) < 4.78 is 79.5. The summed E-state index contributed by atoms with van der Waals surface area (Å²) >= 11 is 6.97. The van der Waals surface area contributed by atoms with Crippen molar-refractivity contribution in [1.82, 2.24) is 10.2 Å². The maximum absolute atomic E-state index is 12.4. The van der Waals surface area contributed by atoms with Gasteiger partial charge in [0.05, 0.1) is 0 Å². The summed E-state index contributed by atoms with van der Waals surface area (Å²) in [6, 6.07) is 27.3. The number of ketones is 2. The molecule has 8 nitrogen and oxygen atoms in total. The zero-order valence-corrected chi connectivity index (χ0v) is 37.0. The number of ether oxygens (including phenoxy) is 2. The molecule has 0 bridgehead atoms. The first kappa shape index (κ1) is 48.8. The average Bonchev–Trinajstić information content (AvgIpc) is 3.46. The van der Waals surface area contributed by atoms with Crippen molar-refractivity contribution in [2.75, 3.05) is 42.6 Å². The van der Waals surface area contributed by atoms with Crippen LogP contribution in [-0.2, 0) is 11.9 Å². The molecular formula is C46H53BrF6N4O4S. The van der Waals surface area contributed by atoms with Gasteiger partial charge in [-0.15, -0.1) is 26.3 Å². The second kappa shape index (κ2) is 22.4. The van der Waals surface area contributed by atoms with Crippen LogP contribution in [0.25, 0.3) is 0 Å². The quantitative estimate of drug-likeness (QED) is 0.0893. The highest BCUT2D eigenvalue weighted by Gasteiger charge is 2.38. The first-order chi connectivity index (χ1) is 29.5. The number of thiol groups is 1. The van der Waals surface area contributed by atoms with Gasteiger partial charge in [-0.3, -0.25) is 14.5 Å². The highest BCUT2D eigenvalue weighted by molar-refractivity contribution is 9.08. The van der Waals surface area contributed by atoms with Crippen molar-refractivity contribution in [2.24, 2.45) is 0 Å². The molecule has 4 aliphatic heterocycles. The van der Waals surface area contributed by atoms with E-state index in [1.807, 2.05) is 55.5 Å². The number of carbonyl (C=O) groups excluding carboxylic acids is 2. The van der Waals surface area contributed by atoms with Crippen molar-refractivity contribution in [2.45, 2.75) is 94.0 Å². The van der Waals surface area contributed by atoms with E-state index in [1.54, 1.807) is 24.3 Å². The van der Waals surface area contributed by atoms with E-state index in [0.29, 0.717) is 24.7 Å². The number of Topliss-reactive ketones (excluding diaryl/α,β-unsaturated/α-hetero) is 2. The Hall–Kier alpha value is -4.25. The van der Waals surface area contributed by atoms with Crippen LogP contribution in [0.15, 0.2) is 97.1 Å². The number of carbonyl (C=O) groups is 2. The molecule has 3 N–H and O–H groups in total. The van der Waals surface area contributed by atoms with Crippen LogP contribution in [-0.4, -0.2) is 72.2 Å². The highest BCUT2D eigenvalue weighted by Crippen LogP contribution is 2.37. The number of alkyl halides is 7. The van der Waals surface area contributed by atoms with Gasteiger partial charge in [0, 0.05) is 71.4 Å². The summed E-state index contributed by atoms with van der Waals surface area (Å²) in [7, 11) is 0. The average molecular weight is 952 g/mol. The Morgan fingerprint density at radius 2 is 1.03 bits per heavy atom. The second-order valence-electron chi connectivity index (χ2n) is 15.6. The lowest BCUT2D eigenvalue weighted by Crippen LogP contribution is -2.48. The van der Waals surface area contributed by atoms with Gasteiger partial charge in [0.25, 0.3) is 0 Å². The lowest BCUT2D eigenvalue weighted by Gasteiger charge is -2.42. The zero-order chi connectivity index (χ0) is 44.8. The number of rotatable bonds is 5. The summed E-state index contributed by atoms with van der Waals surface area (Å²) in [5.74, 6) is 1.01. The van der Waals surface area contributed by atoms with Crippen molar-refractivity contribution < 1.29 is 45.4 Å². The number of piperidine rings is 2. The van der Waals surface area contributed by atoms with Crippen molar-refractivity contribution in [3.8, 4) is 11.5 Å². The van der Waals surface area contributed by atoms with E-state index >= 15 is 0 Å². The molecule has 2 saturated heterocycles. The monoisotopic (exact) mass is 950 g/mol. The van der Waals surface area contributed by atoms with Crippen LogP contribution >= 0.6 is 28.6 Å². The number of anilines is 2. The smallest absolute Gasteiger partial charge is 0.406 e. The third kappa shape index (κ3) is 14.9. The SMILES string of the molecule is CCS.FC(F)(F)Oc1ccc(CBr)cc1.O=C1CCC2(CCN(Cc3ccc(OC(F)(F)F)cc3)CC2)Nc2ccccc21.O=C1CCC2(CCNCC2)Nc2ccccc21. The summed E-state index contributed by atoms with van der Waals surface area (Å²) in [6.07, 6.45) is -2.24. The van der Waals surface area contributed by atoms with Crippen LogP contribution < -0.4 is 25.4 Å². The van der Waals surface area contributed by atoms with Crippen molar-refractivity contribution >= 4 is 51.5 Å².